The summed E-state index contributed by atoms with van der Waals surface area (Å²) in [5.41, 5.74) is 0.933. The van der Waals surface area contributed by atoms with Gasteiger partial charge < -0.3 is 4.98 Å². The Labute approximate surface area is 153 Å². The third-order valence-corrected chi connectivity index (χ3v) is 6.86. The van der Waals surface area contributed by atoms with Crippen molar-refractivity contribution in [1.82, 2.24) is 14.9 Å². The van der Waals surface area contributed by atoms with Crippen LogP contribution in [-0.2, 0) is 6.54 Å². The average molecular weight is 358 g/mol. The van der Waals surface area contributed by atoms with Gasteiger partial charge in [0.2, 0.25) is 0 Å². The normalized spacial score (nSPS) is 22.5. The summed E-state index contributed by atoms with van der Waals surface area (Å²) < 4.78 is 0. The van der Waals surface area contributed by atoms with Gasteiger partial charge in [-0.05, 0) is 57.2 Å². The summed E-state index contributed by atoms with van der Waals surface area (Å²) >= 11 is 2.01. The number of aromatic nitrogens is 2. The van der Waals surface area contributed by atoms with E-state index in [4.69, 9.17) is 0 Å². The van der Waals surface area contributed by atoms with Crippen LogP contribution in [-0.4, -0.2) is 28.0 Å². The number of likely N-dealkylation sites (tertiary alicyclic amines) is 1. The Balaban J connectivity index is 1.42. The van der Waals surface area contributed by atoms with E-state index in [-0.39, 0.29) is 5.56 Å². The molecule has 2 aromatic rings. The number of thiophene rings is 1. The van der Waals surface area contributed by atoms with Crippen LogP contribution in [0.1, 0.15) is 71.6 Å². The molecular formula is C20H27N3OS. The van der Waals surface area contributed by atoms with Crippen molar-refractivity contribution in [2.75, 3.05) is 13.1 Å². The van der Waals surface area contributed by atoms with Gasteiger partial charge in [0.25, 0.3) is 5.56 Å². The SMILES string of the molecule is Cc1nc([C@@H]2CCCN(Cc3ccc(C4CCCC4)s3)C2)cc(=O)[nH]1. The number of hydrogen-bond acceptors (Lipinski definition) is 4. The predicted molar refractivity (Wildman–Crippen MR) is 102 cm³/mol. The maximum absolute atomic E-state index is 11.7. The average Bonchev–Trinajstić information content (AvgIpc) is 3.25. The van der Waals surface area contributed by atoms with Crippen LogP contribution in [0.2, 0.25) is 0 Å². The van der Waals surface area contributed by atoms with E-state index in [2.05, 4.69) is 27.0 Å². The van der Waals surface area contributed by atoms with Crippen LogP contribution in [0.4, 0.5) is 0 Å². The number of aryl methyl sites for hydroxylation is 1. The molecule has 2 fully saturated rings. The van der Waals surface area contributed by atoms with Gasteiger partial charge in [0, 0.05) is 34.8 Å². The lowest BCUT2D eigenvalue weighted by molar-refractivity contribution is 0.200. The molecule has 1 aliphatic carbocycles. The second-order valence-electron chi connectivity index (χ2n) is 7.62. The lowest BCUT2D eigenvalue weighted by Gasteiger charge is -2.32. The fourth-order valence-corrected chi connectivity index (χ4v) is 5.61. The van der Waals surface area contributed by atoms with Crippen molar-refractivity contribution in [1.29, 1.82) is 0 Å². The molecule has 1 atom stereocenters. The highest BCUT2D eigenvalue weighted by Crippen LogP contribution is 2.38. The molecule has 0 amide bonds. The Bertz CT molecular complexity index is 775. The van der Waals surface area contributed by atoms with Crippen molar-refractivity contribution in [3.8, 4) is 0 Å². The zero-order valence-electron chi connectivity index (χ0n) is 15.0. The first-order chi connectivity index (χ1) is 12.2. The van der Waals surface area contributed by atoms with Gasteiger partial charge in [-0.2, -0.15) is 0 Å². The van der Waals surface area contributed by atoms with Crippen LogP contribution < -0.4 is 5.56 Å². The minimum atomic E-state index is -0.0286. The zero-order chi connectivity index (χ0) is 17.2. The third-order valence-electron chi connectivity index (χ3n) is 5.62. The van der Waals surface area contributed by atoms with Crippen molar-refractivity contribution in [3.63, 3.8) is 0 Å². The molecule has 5 heteroatoms. The molecular weight excluding hydrogens is 330 g/mol. The maximum atomic E-state index is 11.7. The summed E-state index contributed by atoms with van der Waals surface area (Å²) in [4.78, 5) is 24.7. The van der Waals surface area contributed by atoms with Crippen molar-refractivity contribution in [2.45, 2.75) is 63.8 Å². The predicted octanol–water partition coefficient (Wildman–Crippen LogP) is 4.18. The van der Waals surface area contributed by atoms with Gasteiger partial charge in [-0.25, -0.2) is 4.98 Å². The van der Waals surface area contributed by atoms with E-state index in [1.807, 2.05) is 18.3 Å². The summed E-state index contributed by atoms with van der Waals surface area (Å²) in [7, 11) is 0. The Hall–Kier alpha value is -1.46. The van der Waals surface area contributed by atoms with Gasteiger partial charge in [-0.1, -0.05) is 12.8 Å². The number of nitrogens with one attached hydrogen (secondary N) is 1. The largest absolute Gasteiger partial charge is 0.311 e. The summed E-state index contributed by atoms with van der Waals surface area (Å²) in [5.74, 6) is 1.92. The van der Waals surface area contributed by atoms with Gasteiger partial charge >= 0.3 is 0 Å². The van der Waals surface area contributed by atoms with E-state index in [9.17, 15) is 4.79 Å². The van der Waals surface area contributed by atoms with Crippen LogP contribution in [0.5, 0.6) is 0 Å². The quantitative estimate of drug-likeness (QED) is 0.893. The summed E-state index contributed by atoms with van der Waals surface area (Å²) in [6.45, 7) is 5.06. The van der Waals surface area contributed by atoms with Crippen molar-refractivity contribution < 1.29 is 0 Å². The molecule has 1 saturated heterocycles. The lowest BCUT2D eigenvalue weighted by atomic mass is 9.94. The standard InChI is InChI=1S/C20H27N3OS/c1-14-21-18(11-20(24)22-14)16-7-4-10-23(12-16)13-17-8-9-19(25-17)15-5-2-3-6-15/h8-9,11,15-16H,2-7,10,12-13H2,1H3,(H,21,22,24)/t16-/m1/s1. The maximum Gasteiger partial charge on any atom is 0.251 e. The molecule has 3 heterocycles. The van der Waals surface area contributed by atoms with Gasteiger partial charge in [0.05, 0.1) is 5.69 Å². The van der Waals surface area contributed by atoms with Gasteiger partial charge in [0.15, 0.2) is 0 Å². The van der Waals surface area contributed by atoms with E-state index in [1.165, 1.54) is 37.0 Å². The van der Waals surface area contributed by atoms with Gasteiger partial charge in [-0.15, -0.1) is 11.3 Å². The zero-order valence-corrected chi connectivity index (χ0v) is 15.8. The molecule has 1 N–H and O–H groups in total. The monoisotopic (exact) mass is 357 g/mol. The van der Waals surface area contributed by atoms with E-state index < -0.39 is 0 Å². The topological polar surface area (TPSA) is 49.0 Å². The second-order valence-corrected chi connectivity index (χ2v) is 8.82. The summed E-state index contributed by atoms with van der Waals surface area (Å²) in [6, 6.07) is 6.38. The van der Waals surface area contributed by atoms with Crippen LogP contribution >= 0.6 is 11.3 Å². The van der Waals surface area contributed by atoms with Crippen molar-refractivity contribution in [3.05, 3.63) is 49.8 Å². The Kier molecular flexibility index (Phi) is 5.04. The molecule has 0 spiro atoms. The van der Waals surface area contributed by atoms with Gasteiger partial charge in [0.1, 0.15) is 5.82 Å². The third kappa shape index (κ3) is 4.04. The second kappa shape index (κ2) is 7.42. The summed E-state index contributed by atoms with van der Waals surface area (Å²) in [5, 5.41) is 0. The molecule has 0 radical (unpaired) electrons. The van der Waals surface area contributed by atoms with Crippen LogP contribution in [0, 0.1) is 6.92 Å². The molecule has 0 aromatic carbocycles. The van der Waals surface area contributed by atoms with E-state index >= 15 is 0 Å². The number of hydrogen-bond donors (Lipinski definition) is 1. The highest BCUT2D eigenvalue weighted by molar-refractivity contribution is 7.12. The first-order valence-electron chi connectivity index (χ1n) is 9.56. The highest BCUT2D eigenvalue weighted by Gasteiger charge is 2.24. The van der Waals surface area contributed by atoms with E-state index in [0.717, 1.165) is 43.5 Å². The molecule has 1 saturated carbocycles. The van der Waals surface area contributed by atoms with Crippen LogP contribution in [0.15, 0.2) is 23.0 Å². The fraction of sp³-hybridized carbons (Fsp3) is 0.600. The Morgan fingerprint density at radius 2 is 2.00 bits per heavy atom. The molecule has 1 aliphatic heterocycles. The number of piperidine rings is 1. The lowest BCUT2D eigenvalue weighted by Crippen LogP contribution is -2.34. The number of aromatic amines is 1. The summed E-state index contributed by atoms with van der Waals surface area (Å²) in [6.07, 6.45) is 7.85. The highest BCUT2D eigenvalue weighted by atomic mass is 32.1. The van der Waals surface area contributed by atoms with Gasteiger partial charge in [-0.3, -0.25) is 9.69 Å². The molecule has 0 unspecified atom stereocenters. The Morgan fingerprint density at radius 3 is 2.80 bits per heavy atom. The van der Waals surface area contributed by atoms with Crippen molar-refractivity contribution in [2.24, 2.45) is 0 Å². The van der Waals surface area contributed by atoms with E-state index in [1.54, 1.807) is 10.9 Å². The molecule has 4 rings (SSSR count). The molecule has 0 bridgehead atoms. The fourth-order valence-electron chi connectivity index (χ4n) is 4.38. The number of nitrogens with zero attached hydrogens (tertiary/aromatic N) is 2. The molecule has 2 aliphatic rings. The first kappa shape index (κ1) is 17.0. The molecule has 134 valence electrons. The minimum Gasteiger partial charge on any atom is -0.311 e. The molecule has 4 nitrogen and oxygen atoms in total. The minimum absolute atomic E-state index is 0.0286. The molecule has 25 heavy (non-hydrogen) atoms. The van der Waals surface area contributed by atoms with E-state index in [0.29, 0.717) is 5.92 Å². The molecule has 2 aromatic heterocycles. The van der Waals surface area contributed by atoms with Crippen LogP contribution in [0.25, 0.3) is 0 Å². The first-order valence-corrected chi connectivity index (χ1v) is 10.4. The number of H-pyrrole nitrogens is 1. The van der Waals surface area contributed by atoms with Crippen LogP contribution in [0.3, 0.4) is 0 Å². The number of rotatable bonds is 4. The smallest absolute Gasteiger partial charge is 0.251 e. The van der Waals surface area contributed by atoms with Crippen molar-refractivity contribution >= 4 is 11.3 Å². The Morgan fingerprint density at radius 1 is 1.20 bits per heavy atom.